The fourth-order valence-electron chi connectivity index (χ4n) is 2.70. The Bertz CT molecular complexity index is 504. The largest absolute Gasteiger partial charge is 0.316 e. The summed E-state index contributed by atoms with van der Waals surface area (Å²) in [5.74, 6) is 0.171. The third-order valence-electron chi connectivity index (χ3n) is 3.61. The van der Waals surface area contributed by atoms with Crippen LogP contribution in [0.1, 0.15) is 24.4 Å². The van der Waals surface area contributed by atoms with Crippen LogP contribution in [-0.2, 0) is 0 Å². The summed E-state index contributed by atoms with van der Waals surface area (Å²) in [6.45, 7) is 1.97. The van der Waals surface area contributed by atoms with Crippen molar-refractivity contribution in [3.05, 3.63) is 42.0 Å². The molecule has 0 radical (unpaired) electrons. The molecular formula is C13H16FN5. The fourth-order valence-corrected chi connectivity index (χ4v) is 2.70. The van der Waals surface area contributed by atoms with Crippen LogP contribution in [0.3, 0.4) is 0 Å². The first-order valence-corrected chi connectivity index (χ1v) is 6.53. The van der Waals surface area contributed by atoms with Gasteiger partial charge in [-0.15, -0.1) is 10.2 Å². The summed E-state index contributed by atoms with van der Waals surface area (Å²) in [5.41, 5.74) is 1.02. The second-order valence-corrected chi connectivity index (χ2v) is 4.86. The average Bonchev–Trinajstić information content (AvgIpc) is 2.96. The van der Waals surface area contributed by atoms with Crippen molar-refractivity contribution >= 4 is 0 Å². The number of benzene rings is 1. The molecule has 0 bridgehead atoms. The van der Waals surface area contributed by atoms with E-state index in [0.717, 1.165) is 31.5 Å². The van der Waals surface area contributed by atoms with E-state index < -0.39 is 0 Å². The van der Waals surface area contributed by atoms with Gasteiger partial charge in [-0.05, 0) is 48.2 Å². The second-order valence-electron chi connectivity index (χ2n) is 4.86. The molecule has 0 spiro atoms. The lowest BCUT2D eigenvalue weighted by atomic mass is 9.87. The van der Waals surface area contributed by atoms with Gasteiger partial charge >= 0.3 is 0 Å². The zero-order valence-corrected chi connectivity index (χ0v) is 10.5. The molecule has 6 heteroatoms. The lowest BCUT2D eigenvalue weighted by Crippen LogP contribution is -2.36. The van der Waals surface area contributed by atoms with Gasteiger partial charge in [-0.25, -0.2) is 4.39 Å². The van der Waals surface area contributed by atoms with Gasteiger partial charge in [-0.1, -0.05) is 12.1 Å². The van der Waals surface area contributed by atoms with Crippen molar-refractivity contribution in [1.29, 1.82) is 0 Å². The Labute approximate surface area is 110 Å². The third-order valence-corrected chi connectivity index (χ3v) is 3.61. The van der Waals surface area contributed by atoms with Crippen LogP contribution in [0.25, 0.3) is 0 Å². The van der Waals surface area contributed by atoms with Gasteiger partial charge in [0.05, 0.1) is 0 Å². The van der Waals surface area contributed by atoms with Crippen molar-refractivity contribution in [3.8, 4) is 0 Å². The molecule has 1 aromatic heterocycles. The van der Waals surface area contributed by atoms with Gasteiger partial charge in [0, 0.05) is 6.54 Å². The van der Waals surface area contributed by atoms with Gasteiger partial charge < -0.3 is 5.32 Å². The molecule has 0 unspecified atom stereocenters. The Morgan fingerprint density at radius 2 is 2.16 bits per heavy atom. The molecule has 2 heterocycles. The maximum Gasteiger partial charge on any atom is 0.162 e. The van der Waals surface area contributed by atoms with E-state index in [2.05, 4.69) is 20.7 Å². The number of tetrazole rings is 1. The molecule has 0 saturated carbocycles. The number of hydrogen-bond donors (Lipinski definition) is 1. The molecular weight excluding hydrogens is 245 g/mol. The Morgan fingerprint density at radius 3 is 2.79 bits per heavy atom. The van der Waals surface area contributed by atoms with Gasteiger partial charge in [-0.2, -0.15) is 4.80 Å². The minimum Gasteiger partial charge on any atom is -0.316 e. The minimum atomic E-state index is -0.226. The molecule has 1 aliphatic rings. The van der Waals surface area contributed by atoms with Gasteiger partial charge in [0.15, 0.2) is 6.33 Å². The van der Waals surface area contributed by atoms with Crippen molar-refractivity contribution in [2.24, 2.45) is 5.92 Å². The summed E-state index contributed by atoms with van der Waals surface area (Å²) in [6.07, 6.45) is 3.68. The first kappa shape index (κ1) is 12.2. The number of aromatic nitrogens is 4. The van der Waals surface area contributed by atoms with Crippen LogP contribution in [0.2, 0.25) is 0 Å². The summed E-state index contributed by atoms with van der Waals surface area (Å²) < 4.78 is 13.1. The molecule has 5 nitrogen and oxygen atoms in total. The maximum atomic E-state index is 13.1. The monoisotopic (exact) mass is 261 g/mol. The first-order chi connectivity index (χ1) is 9.34. The van der Waals surface area contributed by atoms with Crippen molar-refractivity contribution in [3.63, 3.8) is 0 Å². The van der Waals surface area contributed by atoms with Crippen LogP contribution in [0.4, 0.5) is 4.39 Å². The molecule has 2 atom stereocenters. The van der Waals surface area contributed by atoms with Crippen LogP contribution in [0.5, 0.6) is 0 Å². The lowest BCUT2D eigenvalue weighted by Gasteiger charge is -2.30. The zero-order valence-electron chi connectivity index (χ0n) is 10.5. The predicted octanol–water partition coefficient (Wildman–Crippen LogP) is 1.40. The molecule has 1 fully saturated rings. The van der Waals surface area contributed by atoms with Crippen LogP contribution in [-0.4, -0.2) is 33.3 Å². The van der Waals surface area contributed by atoms with E-state index in [1.807, 2.05) is 0 Å². The van der Waals surface area contributed by atoms with E-state index >= 15 is 0 Å². The molecule has 1 saturated heterocycles. The molecule has 19 heavy (non-hydrogen) atoms. The lowest BCUT2D eigenvalue weighted by molar-refractivity contribution is 0.261. The first-order valence-electron chi connectivity index (χ1n) is 6.53. The van der Waals surface area contributed by atoms with Gasteiger partial charge in [0.2, 0.25) is 0 Å². The standard InChI is InChI=1S/C13H16FN5/c14-12-5-3-10(4-6-12)13(19-17-9-16-18-19)11-2-1-7-15-8-11/h3-6,9,11,13,15H,1-2,7-8H2/t11-,13-/m0/s1. The summed E-state index contributed by atoms with van der Waals surface area (Å²) in [5, 5.41) is 15.4. The van der Waals surface area contributed by atoms with Crippen LogP contribution >= 0.6 is 0 Å². The molecule has 2 aromatic rings. The van der Waals surface area contributed by atoms with Crippen molar-refractivity contribution in [1.82, 2.24) is 25.5 Å². The van der Waals surface area contributed by atoms with Crippen molar-refractivity contribution in [2.75, 3.05) is 13.1 Å². The molecule has 3 rings (SSSR count). The van der Waals surface area contributed by atoms with E-state index in [4.69, 9.17) is 0 Å². The van der Waals surface area contributed by atoms with Crippen LogP contribution < -0.4 is 5.32 Å². The molecule has 1 aliphatic heterocycles. The molecule has 100 valence electrons. The Morgan fingerprint density at radius 1 is 1.32 bits per heavy atom. The molecule has 1 aromatic carbocycles. The fraction of sp³-hybridized carbons (Fsp3) is 0.462. The smallest absolute Gasteiger partial charge is 0.162 e. The van der Waals surface area contributed by atoms with E-state index in [1.165, 1.54) is 18.5 Å². The van der Waals surface area contributed by atoms with E-state index in [9.17, 15) is 4.39 Å². The number of piperidine rings is 1. The highest BCUT2D eigenvalue weighted by atomic mass is 19.1. The molecule has 0 amide bonds. The highest BCUT2D eigenvalue weighted by Crippen LogP contribution is 2.29. The Hall–Kier alpha value is -1.82. The number of nitrogens with zero attached hydrogens (tertiary/aromatic N) is 4. The molecule has 0 aliphatic carbocycles. The normalized spacial score (nSPS) is 21.2. The number of halogens is 1. The number of hydrogen-bond acceptors (Lipinski definition) is 4. The number of rotatable bonds is 3. The SMILES string of the molecule is Fc1ccc([C@@H]([C@H]2CCCNC2)n2ncnn2)cc1. The maximum absolute atomic E-state index is 13.1. The third kappa shape index (κ3) is 2.63. The van der Waals surface area contributed by atoms with Crippen molar-refractivity contribution < 1.29 is 4.39 Å². The quantitative estimate of drug-likeness (QED) is 0.907. The summed E-state index contributed by atoms with van der Waals surface area (Å²) in [6, 6.07) is 6.58. The van der Waals surface area contributed by atoms with E-state index in [1.54, 1.807) is 16.9 Å². The van der Waals surface area contributed by atoms with Gasteiger partial charge in [-0.3, -0.25) is 0 Å². The summed E-state index contributed by atoms with van der Waals surface area (Å²) >= 11 is 0. The highest BCUT2D eigenvalue weighted by Gasteiger charge is 2.28. The molecule has 1 N–H and O–H groups in total. The second kappa shape index (κ2) is 5.44. The van der Waals surface area contributed by atoms with Crippen LogP contribution in [0, 0.1) is 11.7 Å². The van der Waals surface area contributed by atoms with E-state index in [0.29, 0.717) is 5.92 Å². The predicted molar refractivity (Wildman–Crippen MR) is 67.9 cm³/mol. The Balaban J connectivity index is 1.93. The van der Waals surface area contributed by atoms with Crippen LogP contribution in [0.15, 0.2) is 30.6 Å². The minimum absolute atomic E-state index is 0.0101. The van der Waals surface area contributed by atoms with Gasteiger partial charge in [0.1, 0.15) is 11.9 Å². The Kier molecular flexibility index (Phi) is 3.50. The topological polar surface area (TPSA) is 55.6 Å². The summed E-state index contributed by atoms with van der Waals surface area (Å²) in [4.78, 5) is 1.63. The average molecular weight is 261 g/mol. The van der Waals surface area contributed by atoms with Gasteiger partial charge in [0.25, 0.3) is 0 Å². The van der Waals surface area contributed by atoms with E-state index in [-0.39, 0.29) is 11.9 Å². The highest BCUT2D eigenvalue weighted by molar-refractivity contribution is 5.21. The summed E-state index contributed by atoms with van der Waals surface area (Å²) in [7, 11) is 0. The number of nitrogens with one attached hydrogen (secondary N) is 1. The van der Waals surface area contributed by atoms with Crippen molar-refractivity contribution in [2.45, 2.75) is 18.9 Å². The zero-order chi connectivity index (χ0) is 13.1.